The van der Waals surface area contributed by atoms with E-state index in [1.165, 1.54) is 22.3 Å². The van der Waals surface area contributed by atoms with Crippen LogP contribution in [-0.2, 0) is 25.7 Å². The Morgan fingerprint density at radius 3 is 2.48 bits per heavy atom. The molecule has 2 unspecified atom stereocenters. The molecule has 0 radical (unpaired) electrons. The molecule has 0 saturated heterocycles. The number of carbonyl (C=O) groups is 2. The summed E-state index contributed by atoms with van der Waals surface area (Å²) in [7, 11) is 0. The summed E-state index contributed by atoms with van der Waals surface area (Å²) >= 11 is 1.16. The Labute approximate surface area is 174 Å². The SMILES string of the molecule is O=C(NSc1cc2c(o1)C1CCC(C1)C2=O)Nc1c2c(cc3c1CCC3)CCC2. The highest BCUT2D eigenvalue weighted by molar-refractivity contribution is 7.97. The van der Waals surface area contributed by atoms with Gasteiger partial charge < -0.3 is 9.73 Å². The van der Waals surface area contributed by atoms with Crippen molar-refractivity contribution >= 4 is 29.4 Å². The van der Waals surface area contributed by atoms with Gasteiger partial charge in [-0.05, 0) is 80.0 Å². The summed E-state index contributed by atoms with van der Waals surface area (Å²) in [5.74, 6) is 1.57. The summed E-state index contributed by atoms with van der Waals surface area (Å²) in [6.45, 7) is 0. The van der Waals surface area contributed by atoms with Gasteiger partial charge in [-0.15, -0.1) is 0 Å². The molecule has 1 heterocycles. The molecule has 6 heteroatoms. The van der Waals surface area contributed by atoms with Crippen molar-refractivity contribution in [1.29, 1.82) is 0 Å². The summed E-state index contributed by atoms with van der Waals surface area (Å²) in [6, 6.07) is 3.94. The lowest BCUT2D eigenvalue weighted by Gasteiger charge is -2.16. The number of furan rings is 1. The number of benzene rings is 1. The van der Waals surface area contributed by atoms with Gasteiger partial charge in [0, 0.05) is 35.5 Å². The topological polar surface area (TPSA) is 71.3 Å². The maximum atomic E-state index is 12.7. The van der Waals surface area contributed by atoms with Crippen molar-refractivity contribution in [3.05, 3.63) is 45.7 Å². The maximum Gasteiger partial charge on any atom is 0.329 e. The van der Waals surface area contributed by atoms with Crippen LogP contribution in [0, 0.1) is 5.92 Å². The highest BCUT2D eigenvalue weighted by atomic mass is 32.2. The van der Waals surface area contributed by atoms with E-state index in [2.05, 4.69) is 16.1 Å². The monoisotopic (exact) mass is 408 g/mol. The molecule has 2 aromatic rings. The Bertz CT molecular complexity index is 1010. The molecule has 150 valence electrons. The van der Waals surface area contributed by atoms with E-state index in [4.69, 9.17) is 4.42 Å². The molecule has 4 aliphatic rings. The number of aryl methyl sites for hydroxylation is 2. The van der Waals surface area contributed by atoms with Crippen molar-refractivity contribution in [3.8, 4) is 0 Å². The summed E-state index contributed by atoms with van der Waals surface area (Å²) in [5, 5.41) is 3.72. The number of carbonyl (C=O) groups excluding carboxylic acids is 2. The van der Waals surface area contributed by atoms with Crippen LogP contribution in [0.3, 0.4) is 0 Å². The molecule has 2 N–H and O–H groups in total. The lowest BCUT2D eigenvalue weighted by Crippen LogP contribution is -2.24. The highest BCUT2D eigenvalue weighted by Crippen LogP contribution is 2.47. The van der Waals surface area contributed by atoms with Gasteiger partial charge in [0.25, 0.3) is 0 Å². The number of amides is 2. The van der Waals surface area contributed by atoms with E-state index in [1.54, 1.807) is 0 Å². The second kappa shape index (κ2) is 6.66. The fourth-order valence-corrected chi connectivity index (χ4v) is 6.36. The molecular weight excluding hydrogens is 384 g/mol. The first kappa shape index (κ1) is 17.6. The first-order chi connectivity index (χ1) is 14.2. The second-order valence-electron chi connectivity index (χ2n) is 8.81. The zero-order valence-electron chi connectivity index (χ0n) is 16.3. The second-order valence-corrected chi connectivity index (χ2v) is 9.62. The number of anilines is 1. The number of fused-ring (bicyclic) bond motifs is 6. The zero-order valence-corrected chi connectivity index (χ0v) is 17.1. The van der Waals surface area contributed by atoms with E-state index in [1.807, 2.05) is 6.07 Å². The molecule has 1 fully saturated rings. The Hall–Kier alpha value is -2.21. The van der Waals surface area contributed by atoms with Crippen molar-refractivity contribution in [1.82, 2.24) is 4.72 Å². The van der Waals surface area contributed by atoms with E-state index >= 15 is 0 Å². The predicted octanol–water partition coefficient (Wildman–Crippen LogP) is 5.17. The minimum absolute atomic E-state index is 0.168. The molecule has 2 amide bonds. The average Bonchev–Trinajstić information content (AvgIpc) is 3.50. The van der Waals surface area contributed by atoms with Crippen LogP contribution < -0.4 is 10.0 Å². The van der Waals surface area contributed by atoms with Crippen molar-refractivity contribution < 1.29 is 14.0 Å². The highest BCUT2D eigenvalue weighted by Gasteiger charge is 2.41. The van der Waals surface area contributed by atoms with Crippen LogP contribution in [0.2, 0.25) is 0 Å². The van der Waals surface area contributed by atoms with E-state index in [0.29, 0.717) is 11.0 Å². The van der Waals surface area contributed by atoms with Crippen molar-refractivity contribution in [2.24, 2.45) is 5.92 Å². The number of ketones is 1. The number of Topliss-reactive ketones (excluding diaryl/α,β-unsaturated/α-hetero) is 1. The lowest BCUT2D eigenvalue weighted by molar-refractivity contribution is 0.0910. The molecule has 2 atom stereocenters. The van der Waals surface area contributed by atoms with Crippen LogP contribution >= 0.6 is 11.9 Å². The van der Waals surface area contributed by atoms with E-state index < -0.39 is 0 Å². The van der Waals surface area contributed by atoms with E-state index in [-0.39, 0.29) is 17.7 Å². The number of urea groups is 1. The van der Waals surface area contributed by atoms with Crippen LogP contribution in [0.15, 0.2) is 21.6 Å². The van der Waals surface area contributed by atoms with Crippen molar-refractivity contribution in [2.75, 3.05) is 5.32 Å². The summed E-state index contributed by atoms with van der Waals surface area (Å²) < 4.78 is 8.81. The summed E-state index contributed by atoms with van der Waals surface area (Å²) in [5.41, 5.74) is 7.22. The molecule has 1 aromatic carbocycles. The number of hydrogen-bond donors (Lipinski definition) is 2. The molecular formula is C23H24N2O3S. The fraction of sp³-hybridized carbons (Fsp3) is 0.478. The fourth-order valence-electron chi connectivity index (χ4n) is 5.81. The van der Waals surface area contributed by atoms with Crippen LogP contribution in [0.5, 0.6) is 0 Å². The van der Waals surface area contributed by atoms with Gasteiger partial charge in [-0.3, -0.25) is 9.52 Å². The van der Waals surface area contributed by atoms with Gasteiger partial charge >= 0.3 is 6.03 Å². The Morgan fingerprint density at radius 2 is 1.72 bits per heavy atom. The largest absolute Gasteiger partial charge is 0.452 e. The Kier molecular flexibility index (Phi) is 4.05. The van der Waals surface area contributed by atoms with Gasteiger partial charge in [-0.1, -0.05) is 6.07 Å². The first-order valence-electron chi connectivity index (χ1n) is 10.8. The van der Waals surface area contributed by atoms with Gasteiger partial charge in [-0.2, -0.15) is 0 Å². The minimum atomic E-state index is -0.230. The summed E-state index contributed by atoms with van der Waals surface area (Å²) in [4.78, 5) is 25.2. The molecule has 2 bridgehead atoms. The molecule has 5 nitrogen and oxygen atoms in total. The summed E-state index contributed by atoms with van der Waals surface area (Å²) in [6.07, 6.45) is 9.56. The van der Waals surface area contributed by atoms with Crippen LogP contribution in [0.1, 0.15) is 76.4 Å². The van der Waals surface area contributed by atoms with Gasteiger partial charge in [0.15, 0.2) is 10.9 Å². The van der Waals surface area contributed by atoms with Crippen LogP contribution in [0.4, 0.5) is 10.5 Å². The van der Waals surface area contributed by atoms with Crippen molar-refractivity contribution in [2.45, 2.75) is 68.8 Å². The first-order valence-corrected chi connectivity index (χ1v) is 11.6. The predicted molar refractivity (Wildman–Crippen MR) is 112 cm³/mol. The third-order valence-corrected chi connectivity index (χ3v) is 7.82. The van der Waals surface area contributed by atoms with Gasteiger partial charge in [0.05, 0.1) is 5.56 Å². The van der Waals surface area contributed by atoms with Gasteiger partial charge in [0.2, 0.25) is 0 Å². The van der Waals surface area contributed by atoms with Crippen LogP contribution in [-0.4, -0.2) is 11.8 Å². The Morgan fingerprint density at radius 1 is 1.00 bits per heavy atom. The lowest BCUT2D eigenvalue weighted by atomic mass is 9.87. The maximum absolute atomic E-state index is 12.7. The average molecular weight is 409 g/mol. The molecule has 0 aliphatic heterocycles. The molecule has 0 spiro atoms. The molecule has 6 rings (SSSR count). The molecule has 4 aliphatic carbocycles. The van der Waals surface area contributed by atoms with Gasteiger partial charge in [0.1, 0.15) is 5.76 Å². The van der Waals surface area contributed by atoms with E-state index in [0.717, 1.165) is 86.7 Å². The van der Waals surface area contributed by atoms with Crippen LogP contribution in [0.25, 0.3) is 0 Å². The number of rotatable bonds is 3. The zero-order chi connectivity index (χ0) is 19.5. The molecule has 29 heavy (non-hydrogen) atoms. The third kappa shape index (κ3) is 2.83. The minimum Gasteiger partial charge on any atom is -0.452 e. The number of nitrogens with one attached hydrogen (secondary N) is 2. The smallest absolute Gasteiger partial charge is 0.329 e. The van der Waals surface area contributed by atoms with E-state index in [9.17, 15) is 9.59 Å². The molecule has 1 saturated carbocycles. The Balaban J connectivity index is 1.18. The van der Waals surface area contributed by atoms with Crippen molar-refractivity contribution in [3.63, 3.8) is 0 Å². The van der Waals surface area contributed by atoms with Gasteiger partial charge in [-0.25, -0.2) is 4.79 Å². The standard InChI is InChI=1S/C23H24N2O3S/c26-21-14-7-8-15(10-14)22-18(21)11-19(28-22)29-25-23(27)24-20-16-5-1-3-12(16)9-13-4-2-6-17(13)20/h9,11,14-15H,1-8,10H2,(H2,24,25,27). The normalized spacial score (nSPS) is 23.7. The quantitative estimate of drug-likeness (QED) is 0.688. The third-order valence-electron chi connectivity index (χ3n) is 7.13. The number of hydrogen-bond acceptors (Lipinski definition) is 4. The molecule has 1 aromatic heterocycles.